The molecule has 1 aromatic rings. The van der Waals surface area contributed by atoms with Crippen LogP contribution in [-0.2, 0) is 16.1 Å². The van der Waals surface area contributed by atoms with E-state index in [2.05, 4.69) is 15.3 Å². The Labute approximate surface area is 112 Å². The molecule has 1 aliphatic rings. The Morgan fingerprint density at radius 1 is 1.32 bits per heavy atom. The molecule has 0 radical (unpaired) electrons. The van der Waals surface area contributed by atoms with Crippen LogP contribution in [0.1, 0.15) is 32.5 Å². The molecule has 6 heteroatoms. The number of carbonyl (C=O) groups excluding carboxylic acids is 2. The van der Waals surface area contributed by atoms with E-state index in [1.165, 1.54) is 0 Å². The van der Waals surface area contributed by atoms with Crippen LogP contribution in [0.2, 0.25) is 0 Å². The number of amides is 2. The first-order valence-electron chi connectivity index (χ1n) is 6.50. The highest BCUT2D eigenvalue weighted by atomic mass is 16.2. The third kappa shape index (κ3) is 2.89. The lowest BCUT2D eigenvalue weighted by molar-refractivity contribution is -0.149. The van der Waals surface area contributed by atoms with Crippen molar-refractivity contribution in [3.8, 4) is 0 Å². The minimum absolute atomic E-state index is 0.0543. The van der Waals surface area contributed by atoms with Crippen molar-refractivity contribution >= 4 is 11.8 Å². The summed E-state index contributed by atoms with van der Waals surface area (Å²) in [4.78, 5) is 34.0. The SMILES string of the molecule is CCCC1NC(=O)C(C)N(Cc2ncccn2)C1=O. The zero-order valence-corrected chi connectivity index (χ0v) is 11.2. The molecule has 1 fully saturated rings. The van der Waals surface area contributed by atoms with E-state index in [1.54, 1.807) is 30.3 Å². The lowest BCUT2D eigenvalue weighted by Gasteiger charge is -2.36. The van der Waals surface area contributed by atoms with Crippen molar-refractivity contribution in [2.24, 2.45) is 0 Å². The molecule has 2 atom stereocenters. The first-order valence-corrected chi connectivity index (χ1v) is 6.50. The van der Waals surface area contributed by atoms with Crippen LogP contribution in [0.5, 0.6) is 0 Å². The van der Waals surface area contributed by atoms with Crippen molar-refractivity contribution in [3.05, 3.63) is 24.3 Å². The Kier molecular flexibility index (Phi) is 4.09. The molecule has 102 valence electrons. The van der Waals surface area contributed by atoms with E-state index in [4.69, 9.17) is 0 Å². The molecule has 19 heavy (non-hydrogen) atoms. The van der Waals surface area contributed by atoms with Crippen LogP contribution >= 0.6 is 0 Å². The summed E-state index contributed by atoms with van der Waals surface area (Å²) < 4.78 is 0. The Morgan fingerprint density at radius 2 is 2.00 bits per heavy atom. The van der Waals surface area contributed by atoms with E-state index in [9.17, 15) is 9.59 Å². The predicted octanol–water partition coefficient (Wildman–Crippen LogP) is 0.492. The molecule has 1 aromatic heterocycles. The van der Waals surface area contributed by atoms with E-state index < -0.39 is 12.1 Å². The molecule has 2 unspecified atom stereocenters. The molecule has 2 amide bonds. The van der Waals surface area contributed by atoms with Crippen molar-refractivity contribution in [2.45, 2.75) is 45.3 Å². The zero-order valence-electron chi connectivity index (χ0n) is 11.2. The number of nitrogens with one attached hydrogen (secondary N) is 1. The fraction of sp³-hybridized carbons (Fsp3) is 0.538. The number of nitrogens with zero attached hydrogens (tertiary/aromatic N) is 3. The van der Waals surface area contributed by atoms with Gasteiger partial charge in [0.1, 0.15) is 17.9 Å². The van der Waals surface area contributed by atoms with E-state index in [0.717, 1.165) is 6.42 Å². The lowest BCUT2D eigenvalue weighted by atomic mass is 10.0. The Balaban J connectivity index is 2.16. The monoisotopic (exact) mass is 262 g/mol. The van der Waals surface area contributed by atoms with E-state index >= 15 is 0 Å². The zero-order chi connectivity index (χ0) is 13.8. The van der Waals surface area contributed by atoms with Gasteiger partial charge in [0.15, 0.2) is 0 Å². The minimum atomic E-state index is -0.482. The summed E-state index contributed by atoms with van der Waals surface area (Å²) in [5.74, 6) is 0.378. The van der Waals surface area contributed by atoms with Crippen LogP contribution in [0.4, 0.5) is 0 Å². The number of hydrogen-bond acceptors (Lipinski definition) is 4. The average Bonchev–Trinajstić information content (AvgIpc) is 2.42. The van der Waals surface area contributed by atoms with E-state index in [1.807, 2.05) is 6.92 Å². The lowest BCUT2D eigenvalue weighted by Crippen LogP contribution is -2.61. The van der Waals surface area contributed by atoms with Gasteiger partial charge in [-0.15, -0.1) is 0 Å². The van der Waals surface area contributed by atoms with Crippen molar-refractivity contribution in [2.75, 3.05) is 0 Å². The Morgan fingerprint density at radius 3 is 2.63 bits per heavy atom. The highest BCUT2D eigenvalue weighted by Gasteiger charge is 2.37. The van der Waals surface area contributed by atoms with Gasteiger partial charge in [-0.2, -0.15) is 0 Å². The van der Waals surface area contributed by atoms with Gasteiger partial charge in [-0.05, 0) is 19.4 Å². The summed E-state index contributed by atoms with van der Waals surface area (Å²) in [5.41, 5.74) is 0. The summed E-state index contributed by atoms with van der Waals surface area (Å²) in [7, 11) is 0. The number of rotatable bonds is 4. The number of piperazine rings is 1. The minimum Gasteiger partial charge on any atom is -0.343 e. The van der Waals surface area contributed by atoms with Crippen molar-refractivity contribution in [3.63, 3.8) is 0 Å². The first-order chi connectivity index (χ1) is 9.13. The number of hydrogen-bond donors (Lipinski definition) is 1. The van der Waals surface area contributed by atoms with Crippen molar-refractivity contribution in [1.82, 2.24) is 20.2 Å². The molecular formula is C13H18N4O2. The van der Waals surface area contributed by atoms with Crippen LogP contribution in [0.15, 0.2) is 18.5 Å². The molecule has 2 rings (SSSR count). The summed E-state index contributed by atoms with van der Waals surface area (Å²) in [6, 6.07) is 0.819. The smallest absolute Gasteiger partial charge is 0.246 e. The largest absolute Gasteiger partial charge is 0.343 e. The van der Waals surface area contributed by atoms with E-state index in [-0.39, 0.29) is 18.4 Å². The van der Waals surface area contributed by atoms with E-state index in [0.29, 0.717) is 12.2 Å². The fourth-order valence-corrected chi connectivity index (χ4v) is 2.15. The highest BCUT2D eigenvalue weighted by Crippen LogP contribution is 2.15. The standard InChI is InChI=1S/C13H18N4O2/c1-3-5-10-13(19)17(9(2)12(18)16-10)8-11-14-6-4-7-15-11/h4,6-7,9-10H,3,5,8H2,1-2H3,(H,16,18). The highest BCUT2D eigenvalue weighted by molar-refractivity contribution is 5.96. The molecule has 0 aromatic carbocycles. The Bertz CT molecular complexity index is 463. The number of carbonyl (C=O) groups is 2. The second-order valence-corrected chi connectivity index (χ2v) is 4.66. The van der Waals surface area contributed by atoms with Gasteiger partial charge in [0.2, 0.25) is 11.8 Å². The number of aromatic nitrogens is 2. The molecule has 1 aliphatic heterocycles. The maximum Gasteiger partial charge on any atom is 0.246 e. The van der Waals surface area contributed by atoms with Gasteiger partial charge in [-0.1, -0.05) is 13.3 Å². The van der Waals surface area contributed by atoms with Crippen molar-refractivity contribution < 1.29 is 9.59 Å². The molecular weight excluding hydrogens is 244 g/mol. The molecule has 1 saturated heterocycles. The van der Waals surface area contributed by atoms with Gasteiger partial charge in [0.05, 0.1) is 6.54 Å². The predicted molar refractivity (Wildman–Crippen MR) is 68.9 cm³/mol. The molecule has 0 bridgehead atoms. The van der Waals surface area contributed by atoms with Gasteiger partial charge >= 0.3 is 0 Å². The first kappa shape index (κ1) is 13.5. The van der Waals surface area contributed by atoms with Crippen LogP contribution < -0.4 is 5.32 Å². The van der Waals surface area contributed by atoms with Gasteiger partial charge in [0.25, 0.3) is 0 Å². The van der Waals surface area contributed by atoms with Gasteiger partial charge in [-0.25, -0.2) is 9.97 Å². The maximum absolute atomic E-state index is 12.3. The molecule has 1 N–H and O–H groups in total. The normalized spacial score (nSPS) is 23.4. The second-order valence-electron chi connectivity index (χ2n) is 4.66. The Hall–Kier alpha value is -1.98. The van der Waals surface area contributed by atoms with Crippen LogP contribution in [0, 0.1) is 0 Å². The van der Waals surface area contributed by atoms with Gasteiger partial charge in [-0.3, -0.25) is 9.59 Å². The molecule has 2 heterocycles. The topological polar surface area (TPSA) is 75.2 Å². The quantitative estimate of drug-likeness (QED) is 0.857. The average molecular weight is 262 g/mol. The molecule has 0 aliphatic carbocycles. The van der Waals surface area contributed by atoms with Crippen LogP contribution in [-0.4, -0.2) is 38.8 Å². The van der Waals surface area contributed by atoms with Crippen LogP contribution in [0.3, 0.4) is 0 Å². The second kappa shape index (κ2) is 5.77. The summed E-state index contributed by atoms with van der Waals surface area (Å²) in [6.45, 7) is 3.98. The summed E-state index contributed by atoms with van der Waals surface area (Å²) in [6.07, 6.45) is 4.76. The van der Waals surface area contributed by atoms with Crippen molar-refractivity contribution in [1.29, 1.82) is 0 Å². The summed E-state index contributed by atoms with van der Waals surface area (Å²) in [5, 5.41) is 2.76. The molecule has 6 nitrogen and oxygen atoms in total. The third-order valence-electron chi connectivity index (χ3n) is 3.25. The maximum atomic E-state index is 12.3. The van der Waals surface area contributed by atoms with Gasteiger partial charge < -0.3 is 10.2 Å². The third-order valence-corrected chi connectivity index (χ3v) is 3.25. The fourth-order valence-electron chi connectivity index (χ4n) is 2.15. The van der Waals surface area contributed by atoms with Gasteiger partial charge in [0, 0.05) is 12.4 Å². The van der Waals surface area contributed by atoms with Crippen LogP contribution in [0.25, 0.3) is 0 Å². The molecule has 0 spiro atoms. The molecule has 0 saturated carbocycles. The summed E-state index contributed by atoms with van der Waals surface area (Å²) >= 11 is 0.